The molecule has 0 bridgehead atoms. The number of likely N-dealkylation sites (tertiary alicyclic amines) is 1. The number of ether oxygens (including phenoxy) is 3. The van der Waals surface area contributed by atoms with Gasteiger partial charge in [0.2, 0.25) is 0 Å². The minimum absolute atomic E-state index is 0.0567. The quantitative estimate of drug-likeness (QED) is 0.286. The highest BCUT2D eigenvalue weighted by molar-refractivity contribution is 6.46. The summed E-state index contributed by atoms with van der Waals surface area (Å²) < 4.78 is 15.8. The lowest BCUT2D eigenvalue weighted by molar-refractivity contribution is -0.140. The van der Waals surface area contributed by atoms with E-state index in [4.69, 9.17) is 14.2 Å². The van der Waals surface area contributed by atoms with Crippen molar-refractivity contribution in [3.8, 4) is 11.5 Å². The van der Waals surface area contributed by atoms with Gasteiger partial charge in [0.15, 0.2) is 0 Å². The van der Waals surface area contributed by atoms with Gasteiger partial charge in [0.25, 0.3) is 11.7 Å². The fraction of sp³-hybridized carbons (Fsp3) is 0.333. The van der Waals surface area contributed by atoms with E-state index in [-0.39, 0.29) is 11.3 Å². The summed E-state index contributed by atoms with van der Waals surface area (Å²) in [5, 5.41) is 11.1. The topological polar surface area (TPSA) is 85.3 Å². The predicted octanol–water partition coefficient (Wildman–Crippen LogP) is 3.55. The number of amides is 1. The van der Waals surface area contributed by atoms with Gasteiger partial charge in [-0.3, -0.25) is 9.59 Å². The molecule has 7 nitrogen and oxygen atoms in total. The van der Waals surface area contributed by atoms with Crippen molar-refractivity contribution in [3.05, 3.63) is 65.2 Å². The Labute approximate surface area is 181 Å². The van der Waals surface area contributed by atoms with Crippen LogP contribution in [0.3, 0.4) is 0 Å². The second-order valence-corrected chi connectivity index (χ2v) is 7.07. The molecule has 1 N–H and O–H groups in total. The molecule has 31 heavy (non-hydrogen) atoms. The summed E-state index contributed by atoms with van der Waals surface area (Å²) in [5.41, 5.74) is 1.18. The van der Waals surface area contributed by atoms with Crippen LogP contribution in [0.1, 0.15) is 30.5 Å². The standard InChI is InChI=1S/C24H27NO6/c1-4-31-19-8-5-7-17(15-19)22(26)20-21(16-9-11-18(30-3)12-10-16)25(13-6-14-29-2)24(28)23(20)27/h5,7-12,15,21,26H,4,6,13-14H2,1-3H3/b22-20+. The molecule has 0 saturated carbocycles. The first-order chi connectivity index (χ1) is 15.0. The summed E-state index contributed by atoms with van der Waals surface area (Å²) in [6.07, 6.45) is 0.566. The summed E-state index contributed by atoms with van der Waals surface area (Å²) in [7, 11) is 3.15. The van der Waals surface area contributed by atoms with Crippen LogP contribution in [-0.2, 0) is 14.3 Å². The average Bonchev–Trinajstić information content (AvgIpc) is 3.04. The predicted molar refractivity (Wildman–Crippen MR) is 116 cm³/mol. The summed E-state index contributed by atoms with van der Waals surface area (Å²) in [5.74, 6) is -0.349. The lowest BCUT2D eigenvalue weighted by Crippen LogP contribution is -2.31. The highest BCUT2D eigenvalue weighted by Gasteiger charge is 2.45. The van der Waals surface area contributed by atoms with Crippen LogP contribution in [0, 0.1) is 0 Å². The summed E-state index contributed by atoms with van der Waals surface area (Å²) in [6.45, 7) is 3.11. The van der Waals surface area contributed by atoms with Crippen LogP contribution in [0.2, 0.25) is 0 Å². The zero-order valence-electron chi connectivity index (χ0n) is 18.0. The van der Waals surface area contributed by atoms with Gasteiger partial charge < -0.3 is 24.2 Å². The molecule has 164 valence electrons. The third kappa shape index (κ3) is 4.72. The molecule has 0 aliphatic carbocycles. The maximum atomic E-state index is 13.0. The van der Waals surface area contributed by atoms with E-state index in [2.05, 4.69) is 0 Å². The first-order valence-corrected chi connectivity index (χ1v) is 10.2. The summed E-state index contributed by atoms with van der Waals surface area (Å²) in [6, 6.07) is 13.2. The molecule has 0 spiro atoms. The van der Waals surface area contributed by atoms with Crippen molar-refractivity contribution in [3.63, 3.8) is 0 Å². The third-order valence-corrected chi connectivity index (χ3v) is 5.14. The molecule has 1 saturated heterocycles. The van der Waals surface area contributed by atoms with Gasteiger partial charge in [0, 0.05) is 25.8 Å². The smallest absolute Gasteiger partial charge is 0.295 e. The number of aliphatic hydroxyl groups excluding tert-OH is 1. The molecule has 2 aromatic carbocycles. The SMILES string of the molecule is CCOc1cccc(/C(O)=C2\C(=O)C(=O)N(CCCOC)C2c2ccc(OC)cc2)c1. The average molecular weight is 425 g/mol. The van der Waals surface area contributed by atoms with Crippen LogP contribution in [0.25, 0.3) is 5.76 Å². The molecule has 2 aromatic rings. The van der Waals surface area contributed by atoms with Crippen molar-refractivity contribution in [1.82, 2.24) is 4.90 Å². The first-order valence-electron chi connectivity index (χ1n) is 10.2. The number of carbonyl (C=O) groups is 2. The zero-order chi connectivity index (χ0) is 22.4. The number of Topliss-reactive ketones (excluding diaryl/α,β-unsaturated/α-hetero) is 1. The van der Waals surface area contributed by atoms with Crippen LogP contribution in [0.15, 0.2) is 54.1 Å². The molecule has 0 radical (unpaired) electrons. The van der Waals surface area contributed by atoms with Crippen molar-refractivity contribution in [2.75, 3.05) is 34.0 Å². The van der Waals surface area contributed by atoms with Gasteiger partial charge in [-0.1, -0.05) is 24.3 Å². The highest BCUT2D eigenvalue weighted by Crippen LogP contribution is 2.40. The largest absolute Gasteiger partial charge is 0.507 e. The minimum Gasteiger partial charge on any atom is -0.507 e. The number of hydrogen-bond donors (Lipinski definition) is 1. The maximum absolute atomic E-state index is 13.0. The molecule has 0 aromatic heterocycles. The first kappa shape index (κ1) is 22.4. The molecule has 1 unspecified atom stereocenters. The van der Waals surface area contributed by atoms with Crippen LogP contribution in [-0.4, -0.2) is 55.7 Å². The second-order valence-electron chi connectivity index (χ2n) is 7.07. The van der Waals surface area contributed by atoms with Gasteiger partial charge >= 0.3 is 0 Å². The lowest BCUT2D eigenvalue weighted by Gasteiger charge is -2.25. The fourth-order valence-corrected chi connectivity index (χ4v) is 3.68. The molecule has 1 fully saturated rings. The van der Waals surface area contributed by atoms with E-state index in [1.54, 1.807) is 62.8 Å². The number of rotatable bonds is 9. The second kappa shape index (κ2) is 10.1. The minimum atomic E-state index is -0.711. The Hall–Kier alpha value is -3.32. The van der Waals surface area contributed by atoms with Crippen molar-refractivity contribution in [2.45, 2.75) is 19.4 Å². The third-order valence-electron chi connectivity index (χ3n) is 5.14. The van der Waals surface area contributed by atoms with Crippen LogP contribution < -0.4 is 9.47 Å². The molecule has 7 heteroatoms. The number of ketones is 1. The van der Waals surface area contributed by atoms with E-state index in [0.29, 0.717) is 48.8 Å². The molecule has 1 amide bonds. The van der Waals surface area contributed by atoms with Crippen molar-refractivity contribution in [1.29, 1.82) is 0 Å². The Morgan fingerprint density at radius 2 is 1.81 bits per heavy atom. The molecule has 1 heterocycles. The van der Waals surface area contributed by atoms with Crippen LogP contribution >= 0.6 is 0 Å². The van der Waals surface area contributed by atoms with Crippen molar-refractivity contribution < 1.29 is 28.9 Å². The van der Waals surface area contributed by atoms with Crippen LogP contribution in [0.4, 0.5) is 0 Å². The lowest BCUT2D eigenvalue weighted by atomic mass is 9.95. The molecular weight excluding hydrogens is 398 g/mol. The van der Waals surface area contributed by atoms with E-state index in [9.17, 15) is 14.7 Å². The van der Waals surface area contributed by atoms with Gasteiger partial charge in [-0.05, 0) is 43.2 Å². The molecular formula is C24H27NO6. The van der Waals surface area contributed by atoms with E-state index < -0.39 is 17.7 Å². The van der Waals surface area contributed by atoms with E-state index >= 15 is 0 Å². The van der Waals surface area contributed by atoms with Gasteiger partial charge in [0.05, 0.1) is 25.3 Å². The van der Waals surface area contributed by atoms with Gasteiger partial charge in [-0.15, -0.1) is 0 Å². The Bertz CT molecular complexity index is 966. The molecule has 1 aliphatic rings. The molecule has 1 atom stereocenters. The maximum Gasteiger partial charge on any atom is 0.295 e. The normalized spacial score (nSPS) is 17.8. The number of benzene rings is 2. The number of aliphatic hydroxyl groups is 1. The summed E-state index contributed by atoms with van der Waals surface area (Å²) in [4.78, 5) is 27.3. The number of hydrogen-bond acceptors (Lipinski definition) is 6. The highest BCUT2D eigenvalue weighted by atomic mass is 16.5. The number of carbonyl (C=O) groups excluding carboxylic acids is 2. The molecule has 3 rings (SSSR count). The van der Waals surface area contributed by atoms with E-state index in [1.165, 1.54) is 4.90 Å². The van der Waals surface area contributed by atoms with Gasteiger partial charge in [0.1, 0.15) is 17.3 Å². The number of nitrogens with zero attached hydrogens (tertiary/aromatic N) is 1. The van der Waals surface area contributed by atoms with Crippen molar-refractivity contribution >= 4 is 17.4 Å². The number of methoxy groups -OCH3 is 2. The van der Waals surface area contributed by atoms with E-state index in [1.807, 2.05) is 6.92 Å². The fourth-order valence-electron chi connectivity index (χ4n) is 3.68. The van der Waals surface area contributed by atoms with Gasteiger partial charge in [-0.2, -0.15) is 0 Å². The Kier molecular flexibility index (Phi) is 7.31. The zero-order valence-corrected chi connectivity index (χ0v) is 18.0. The van der Waals surface area contributed by atoms with Crippen molar-refractivity contribution in [2.24, 2.45) is 0 Å². The van der Waals surface area contributed by atoms with Crippen LogP contribution in [0.5, 0.6) is 11.5 Å². The monoisotopic (exact) mass is 425 g/mol. The molecule has 1 aliphatic heterocycles. The Balaban J connectivity index is 2.10. The Morgan fingerprint density at radius 3 is 2.45 bits per heavy atom. The van der Waals surface area contributed by atoms with Gasteiger partial charge in [-0.25, -0.2) is 0 Å². The summed E-state index contributed by atoms with van der Waals surface area (Å²) >= 11 is 0. The van der Waals surface area contributed by atoms with E-state index in [0.717, 1.165) is 0 Å². The Morgan fingerprint density at radius 1 is 1.06 bits per heavy atom.